The summed E-state index contributed by atoms with van der Waals surface area (Å²) in [6.07, 6.45) is 3.68. The number of rotatable bonds is 4. The molecule has 0 fully saturated rings. The fourth-order valence-electron chi connectivity index (χ4n) is 1.96. The van der Waals surface area contributed by atoms with Crippen molar-refractivity contribution in [3.8, 4) is 0 Å². The Labute approximate surface area is 94.1 Å². The molecule has 3 heteroatoms. The fraction of sp³-hybridized carbons (Fsp3) is 0.308. The third kappa shape index (κ3) is 2.24. The first-order valence-electron chi connectivity index (χ1n) is 5.45. The zero-order valence-electron chi connectivity index (χ0n) is 9.29. The number of H-pyrrole nitrogens is 1. The molecule has 0 atom stereocenters. The van der Waals surface area contributed by atoms with E-state index < -0.39 is 5.97 Å². The van der Waals surface area contributed by atoms with Crippen LogP contribution >= 0.6 is 0 Å². The Morgan fingerprint density at radius 3 is 3.00 bits per heavy atom. The minimum Gasteiger partial charge on any atom is -0.481 e. The summed E-state index contributed by atoms with van der Waals surface area (Å²) in [6.45, 7) is 2.07. The highest BCUT2D eigenvalue weighted by molar-refractivity contribution is 5.81. The van der Waals surface area contributed by atoms with Crippen LogP contribution in [0.25, 0.3) is 10.9 Å². The van der Waals surface area contributed by atoms with Crippen LogP contribution in [0, 0.1) is 6.92 Å². The quantitative estimate of drug-likeness (QED) is 0.827. The third-order valence-electron chi connectivity index (χ3n) is 2.85. The van der Waals surface area contributed by atoms with E-state index in [0.29, 0.717) is 6.42 Å². The lowest BCUT2D eigenvalue weighted by Crippen LogP contribution is -1.97. The molecule has 0 aliphatic rings. The summed E-state index contributed by atoms with van der Waals surface area (Å²) in [4.78, 5) is 13.6. The van der Waals surface area contributed by atoms with Crippen LogP contribution in [0.3, 0.4) is 0 Å². The Morgan fingerprint density at radius 1 is 1.44 bits per heavy atom. The summed E-state index contributed by atoms with van der Waals surface area (Å²) in [7, 11) is 0. The summed E-state index contributed by atoms with van der Waals surface area (Å²) >= 11 is 0. The standard InChI is InChI=1S/C13H15NO2/c1-9-7-11-5-6-14-12(11)8-10(9)3-2-4-13(15)16/h5-8,14H,2-4H2,1H3,(H,15,16). The molecule has 0 radical (unpaired) electrons. The molecule has 1 aromatic carbocycles. The van der Waals surface area contributed by atoms with Gasteiger partial charge in [-0.05, 0) is 54.5 Å². The van der Waals surface area contributed by atoms with Gasteiger partial charge in [-0.2, -0.15) is 0 Å². The number of aliphatic carboxylic acids is 1. The monoisotopic (exact) mass is 217 g/mol. The predicted octanol–water partition coefficient (Wildman–Crippen LogP) is 2.88. The first kappa shape index (κ1) is 10.7. The maximum Gasteiger partial charge on any atom is 0.303 e. The molecule has 0 aliphatic heterocycles. The number of aromatic nitrogens is 1. The minimum absolute atomic E-state index is 0.238. The largest absolute Gasteiger partial charge is 0.481 e. The number of carboxylic acids is 1. The molecule has 0 bridgehead atoms. The average molecular weight is 217 g/mol. The molecule has 2 N–H and O–H groups in total. The van der Waals surface area contributed by atoms with Crippen LogP contribution in [0.15, 0.2) is 24.4 Å². The number of hydrogen-bond donors (Lipinski definition) is 2. The maximum absolute atomic E-state index is 10.4. The van der Waals surface area contributed by atoms with Gasteiger partial charge in [0.1, 0.15) is 0 Å². The van der Waals surface area contributed by atoms with Crippen molar-refractivity contribution >= 4 is 16.9 Å². The molecule has 0 spiro atoms. The number of benzene rings is 1. The smallest absolute Gasteiger partial charge is 0.303 e. The van der Waals surface area contributed by atoms with E-state index in [1.54, 1.807) is 0 Å². The molecule has 0 saturated carbocycles. The van der Waals surface area contributed by atoms with Gasteiger partial charge in [-0.1, -0.05) is 0 Å². The Hall–Kier alpha value is -1.77. The fourth-order valence-corrected chi connectivity index (χ4v) is 1.96. The van der Waals surface area contributed by atoms with Gasteiger partial charge < -0.3 is 10.1 Å². The van der Waals surface area contributed by atoms with Gasteiger partial charge in [0.05, 0.1) is 0 Å². The zero-order valence-corrected chi connectivity index (χ0v) is 9.29. The van der Waals surface area contributed by atoms with Crippen LogP contribution in [0.4, 0.5) is 0 Å². The number of carbonyl (C=O) groups is 1. The van der Waals surface area contributed by atoms with E-state index in [1.807, 2.05) is 12.3 Å². The summed E-state index contributed by atoms with van der Waals surface area (Å²) in [5, 5.41) is 9.80. The number of carboxylic acid groups (broad SMARTS) is 1. The lowest BCUT2D eigenvalue weighted by atomic mass is 10.0. The molecule has 3 nitrogen and oxygen atoms in total. The van der Waals surface area contributed by atoms with Crippen LogP contribution in [0.2, 0.25) is 0 Å². The van der Waals surface area contributed by atoms with Gasteiger partial charge >= 0.3 is 5.97 Å². The Kier molecular flexibility index (Phi) is 2.95. The minimum atomic E-state index is -0.724. The van der Waals surface area contributed by atoms with Gasteiger partial charge in [-0.3, -0.25) is 4.79 Å². The SMILES string of the molecule is Cc1cc2cc[nH]c2cc1CCCC(=O)O. The van der Waals surface area contributed by atoms with Crippen molar-refractivity contribution in [3.05, 3.63) is 35.5 Å². The molecular formula is C13H15NO2. The van der Waals surface area contributed by atoms with Crippen LogP contribution < -0.4 is 0 Å². The van der Waals surface area contributed by atoms with Crippen molar-refractivity contribution in [1.29, 1.82) is 0 Å². The molecule has 2 rings (SSSR count). The molecular weight excluding hydrogens is 202 g/mol. The summed E-state index contributed by atoms with van der Waals surface area (Å²) in [5.41, 5.74) is 3.59. The topological polar surface area (TPSA) is 53.1 Å². The first-order chi connectivity index (χ1) is 7.66. The zero-order chi connectivity index (χ0) is 11.5. The first-order valence-corrected chi connectivity index (χ1v) is 5.45. The molecule has 1 heterocycles. The normalized spacial score (nSPS) is 10.8. The van der Waals surface area contributed by atoms with E-state index in [4.69, 9.17) is 5.11 Å². The molecule has 84 valence electrons. The second-order valence-corrected chi connectivity index (χ2v) is 4.09. The van der Waals surface area contributed by atoms with E-state index >= 15 is 0 Å². The van der Waals surface area contributed by atoms with Crippen LogP contribution in [-0.2, 0) is 11.2 Å². The Balaban J connectivity index is 2.16. The Bertz CT molecular complexity index is 514. The Morgan fingerprint density at radius 2 is 2.25 bits per heavy atom. The molecule has 16 heavy (non-hydrogen) atoms. The van der Waals surface area contributed by atoms with E-state index in [0.717, 1.165) is 11.9 Å². The number of hydrogen-bond acceptors (Lipinski definition) is 1. The van der Waals surface area contributed by atoms with Gasteiger partial charge in [-0.15, -0.1) is 0 Å². The number of fused-ring (bicyclic) bond motifs is 1. The van der Waals surface area contributed by atoms with Crippen LogP contribution in [0.5, 0.6) is 0 Å². The summed E-state index contributed by atoms with van der Waals surface area (Å²) in [5.74, 6) is -0.724. The maximum atomic E-state index is 10.4. The van der Waals surface area contributed by atoms with E-state index in [-0.39, 0.29) is 6.42 Å². The van der Waals surface area contributed by atoms with Crippen molar-refractivity contribution in [2.75, 3.05) is 0 Å². The van der Waals surface area contributed by atoms with Crippen molar-refractivity contribution in [1.82, 2.24) is 4.98 Å². The second kappa shape index (κ2) is 4.39. The highest BCUT2D eigenvalue weighted by Crippen LogP contribution is 2.20. The molecule has 0 aliphatic carbocycles. The second-order valence-electron chi connectivity index (χ2n) is 4.09. The molecule has 0 saturated heterocycles. The lowest BCUT2D eigenvalue weighted by molar-refractivity contribution is -0.137. The number of aryl methyl sites for hydroxylation is 2. The van der Waals surface area contributed by atoms with E-state index in [1.165, 1.54) is 16.5 Å². The van der Waals surface area contributed by atoms with Crippen LogP contribution in [-0.4, -0.2) is 16.1 Å². The van der Waals surface area contributed by atoms with Crippen molar-refractivity contribution in [2.45, 2.75) is 26.2 Å². The van der Waals surface area contributed by atoms with Crippen molar-refractivity contribution < 1.29 is 9.90 Å². The van der Waals surface area contributed by atoms with Gasteiger partial charge in [0.2, 0.25) is 0 Å². The van der Waals surface area contributed by atoms with Crippen molar-refractivity contribution in [3.63, 3.8) is 0 Å². The van der Waals surface area contributed by atoms with Crippen molar-refractivity contribution in [2.24, 2.45) is 0 Å². The molecule has 0 amide bonds. The summed E-state index contributed by atoms with van der Waals surface area (Å²) < 4.78 is 0. The van der Waals surface area contributed by atoms with Gasteiger partial charge in [0.25, 0.3) is 0 Å². The number of aromatic amines is 1. The highest BCUT2D eigenvalue weighted by Gasteiger charge is 2.03. The van der Waals surface area contributed by atoms with Gasteiger partial charge in [0.15, 0.2) is 0 Å². The molecule has 1 aromatic heterocycles. The lowest BCUT2D eigenvalue weighted by Gasteiger charge is -2.05. The van der Waals surface area contributed by atoms with E-state index in [9.17, 15) is 4.79 Å². The molecule has 2 aromatic rings. The summed E-state index contributed by atoms with van der Waals surface area (Å²) in [6, 6.07) is 6.30. The molecule has 0 unspecified atom stereocenters. The van der Waals surface area contributed by atoms with Crippen LogP contribution in [0.1, 0.15) is 24.0 Å². The highest BCUT2D eigenvalue weighted by atomic mass is 16.4. The number of nitrogens with one attached hydrogen (secondary N) is 1. The van der Waals surface area contributed by atoms with Gasteiger partial charge in [-0.25, -0.2) is 0 Å². The predicted molar refractivity (Wildman–Crippen MR) is 63.6 cm³/mol. The van der Waals surface area contributed by atoms with E-state index in [2.05, 4.69) is 24.0 Å². The average Bonchev–Trinajstić information content (AvgIpc) is 2.64. The third-order valence-corrected chi connectivity index (χ3v) is 2.85. The van der Waals surface area contributed by atoms with Gasteiger partial charge in [0, 0.05) is 18.1 Å².